The SMILES string of the molecule is CNC(CCn1cc(Br)cn1)C(=O)O. The number of nitrogens with one attached hydrogen (secondary N) is 1. The Bertz CT molecular complexity index is 313. The average Bonchev–Trinajstić information content (AvgIpc) is 2.52. The zero-order valence-corrected chi connectivity index (χ0v) is 9.36. The van der Waals surface area contributed by atoms with E-state index in [2.05, 4.69) is 26.3 Å². The van der Waals surface area contributed by atoms with E-state index in [0.29, 0.717) is 13.0 Å². The van der Waals surface area contributed by atoms with Gasteiger partial charge in [-0.3, -0.25) is 9.48 Å². The van der Waals surface area contributed by atoms with Gasteiger partial charge in [0.15, 0.2) is 0 Å². The van der Waals surface area contributed by atoms with Gasteiger partial charge in [-0.2, -0.15) is 5.10 Å². The first-order valence-electron chi connectivity index (χ1n) is 4.21. The van der Waals surface area contributed by atoms with Crippen LogP contribution in [0.15, 0.2) is 16.9 Å². The summed E-state index contributed by atoms with van der Waals surface area (Å²) in [5.74, 6) is -0.835. The summed E-state index contributed by atoms with van der Waals surface area (Å²) in [6.45, 7) is 0.587. The van der Waals surface area contributed by atoms with E-state index < -0.39 is 12.0 Å². The first-order valence-corrected chi connectivity index (χ1v) is 5.01. The number of aryl methyl sites for hydroxylation is 1. The number of hydrogen-bond donors (Lipinski definition) is 2. The number of carboxylic acids is 1. The van der Waals surface area contributed by atoms with E-state index in [9.17, 15) is 4.79 Å². The third kappa shape index (κ3) is 3.12. The maximum atomic E-state index is 10.7. The quantitative estimate of drug-likeness (QED) is 0.820. The van der Waals surface area contributed by atoms with Crippen molar-refractivity contribution >= 4 is 21.9 Å². The second kappa shape index (κ2) is 5.11. The maximum absolute atomic E-state index is 10.7. The van der Waals surface area contributed by atoms with Crippen LogP contribution < -0.4 is 5.32 Å². The molecule has 2 N–H and O–H groups in total. The summed E-state index contributed by atoms with van der Waals surface area (Å²) in [7, 11) is 1.64. The standard InChI is InChI=1S/C8H12BrN3O2/c1-10-7(8(13)14)2-3-12-5-6(9)4-11-12/h4-5,7,10H,2-3H2,1H3,(H,13,14). The van der Waals surface area contributed by atoms with Gasteiger partial charge in [-0.15, -0.1) is 0 Å². The molecule has 1 heterocycles. The lowest BCUT2D eigenvalue weighted by Gasteiger charge is -2.10. The summed E-state index contributed by atoms with van der Waals surface area (Å²) in [6, 6.07) is -0.516. The summed E-state index contributed by atoms with van der Waals surface area (Å²) in [4.78, 5) is 10.7. The molecule has 1 aromatic heterocycles. The molecule has 1 rings (SSSR count). The average molecular weight is 262 g/mol. The monoisotopic (exact) mass is 261 g/mol. The van der Waals surface area contributed by atoms with Gasteiger partial charge in [0.25, 0.3) is 0 Å². The van der Waals surface area contributed by atoms with Crippen molar-refractivity contribution in [2.45, 2.75) is 19.0 Å². The van der Waals surface area contributed by atoms with Crippen molar-refractivity contribution in [3.8, 4) is 0 Å². The molecule has 0 aromatic carbocycles. The summed E-state index contributed by atoms with van der Waals surface area (Å²) < 4.78 is 2.60. The van der Waals surface area contributed by atoms with Gasteiger partial charge in [-0.25, -0.2) is 0 Å². The van der Waals surface area contributed by atoms with E-state index in [1.165, 1.54) is 0 Å². The van der Waals surface area contributed by atoms with E-state index in [1.54, 1.807) is 17.9 Å². The summed E-state index contributed by atoms with van der Waals surface area (Å²) in [5.41, 5.74) is 0. The second-order valence-corrected chi connectivity index (χ2v) is 3.81. The van der Waals surface area contributed by atoms with Crippen molar-refractivity contribution in [2.75, 3.05) is 7.05 Å². The predicted molar refractivity (Wildman–Crippen MR) is 55.0 cm³/mol. The van der Waals surface area contributed by atoms with Crippen LogP contribution in [0.3, 0.4) is 0 Å². The number of aromatic nitrogens is 2. The molecule has 5 nitrogen and oxygen atoms in total. The Hall–Kier alpha value is -0.880. The van der Waals surface area contributed by atoms with Gasteiger partial charge >= 0.3 is 5.97 Å². The molecular weight excluding hydrogens is 250 g/mol. The Balaban J connectivity index is 2.43. The van der Waals surface area contributed by atoms with Gasteiger partial charge in [0, 0.05) is 12.7 Å². The van der Waals surface area contributed by atoms with Crippen LogP contribution in [0.1, 0.15) is 6.42 Å². The Morgan fingerprint density at radius 3 is 3.00 bits per heavy atom. The normalized spacial score (nSPS) is 12.7. The van der Waals surface area contributed by atoms with Crippen LogP contribution in [-0.2, 0) is 11.3 Å². The molecule has 1 aromatic rings. The Morgan fingerprint density at radius 1 is 1.86 bits per heavy atom. The summed E-state index contributed by atoms with van der Waals surface area (Å²) in [5, 5.41) is 15.5. The molecule has 0 amide bonds. The molecule has 0 fully saturated rings. The largest absolute Gasteiger partial charge is 0.480 e. The van der Waals surface area contributed by atoms with Gasteiger partial charge in [-0.05, 0) is 29.4 Å². The number of rotatable bonds is 5. The molecule has 14 heavy (non-hydrogen) atoms. The van der Waals surface area contributed by atoms with Crippen LogP contribution in [0.5, 0.6) is 0 Å². The molecule has 0 aliphatic heterocycles. The van der Waals surface area contributed by atoms with E-state index in [-0.39, 0.29) is 0 Å². The molecule has 0 radical (unpaired) electrons. The van der Waals surface area contributed by atoms with Crippen molar-refractivity contribution in [2.24, 2.45) is 0 Å². The Kier molecular flexibility index (Phi) is 4.09. The topological polar surface area (TPSA) is 67.2 Å². The third-order valence-corrected chi connectivity index (χ3v) is 2.30. The molecule has 0 spiro atoms. The maximum Gasteiger partial charge on any atom is 0.320 e. The minimum absolute atomic E-state index is 0.514. The molecule has 6 heteroatoms. The van der Waals surface area contributed by atoms with Crippen molar-refractivity contribution in [3.63, 3.8) is 0 Å². The fourth-order valence-electron chi connectivity index (χ4n) is 1.11. The molecule has 0 saturated heterocycles. The number of likely N-dealkylation sites (N-methyl/N-ethyl adjacent to an activating group) is 1. The van der Waals surface area contributed by atoms with Crippen LogP contribution in [0.25, 0.3) is 0 Å². The Labute approximate surface area is 90.2 Å². The van der Waals surface area contributed by atoms with Gasteiger partial charge in [0.1, 0.15) is 6.04 Å². The molecule has 1 atom stereocenters. The highest BCUT2D eigenvalue weighted by atomic mass is 79.9. The Morgan fingerprint density at radius 2 is 2.57 bits per heavy atom. The number of carbonyl (C=O) groups is 1. The molecule has 0 saturated carbocycles. The van der Waals surface area contributed by atoms with E-state index in [1.807, 2.05) is 6.20 Å². The fourth-order valence-corrected chi connectivity index (χ4v) is 1.44. The van der Waals surface area contributed by atoms with Crippen molar-refractivity contribution in [1.29, 1.82) is 0 Å². The molecular formula is C8H12BrN3O2. The number of nitrogens with zero attached hydrogens (tertiary/aromatic N) is 2. The van der Waals surface area contributed by atoms with E-state index in [4.69, 9.17) is 5.11 Å². The van der Waals surface area contributed by atoms with E-state index in [0.717, 1.165) is 4.47 Å². The van der Waals surface area contributed by atoms with E-state index >= 15 is 0 Å². The highest BCUT2D eigenvalue weighted by Crippen LogP contribution is 2.07. The smallest absolute Gasteiger partial charge is 0.320 e. The van der Waals surface area contributed by atoms with Crippen LogP contribution in [0.4, 0.5) is 0 Å². The lowest BCUT2D eigenvalue weighted by molar-refractivity contribution is -0.139. The zero-order valence-electron chi connectivity index (χ0n) is 7.77. The zero-order chi connectivity index (χ0) is 10.6. The molecule has 1 unspecified atom stereocenters. The highest BCUT2D eigenvalue weighted by molar-refractivity contribution is 9.10. The lowest BCUT2D eigenvalue weighted by atomic mass is 10.2. The predicted octanol–water partition coefficient (Wildman–Crippen LogP) is 0.708. The number of aliphatic carboxylic acids is 1. The van der Waals surface area contributed by atoms with Crippen LogP contribution >= 0.6 is 15.9 Å². The molecule has 0 aliphatic carbocycles. The third-order valence-electron chi connectivity index (χ3n) is 1.90. The van der Waals surface area contributed by atoms with Crippen LogP contribution in [0.2, 0.25) is 0 Å². The van der Waals surface area contributed by atoms with Crippen molar-refractivity contribution in [3.05, 3.63) is 16.9 Å². The highest BCUT2D eigenvalue weighted by Gasteiger charge is 2.14. The van der Waals surface area contributed by atoms with Crippen molar-refractivity contribution < 1.29 is 9.90 Å². The molecule has 0 bridgehead atoms. The molecule has 0 aliphatic rings. The van der Waals surface area contributed by atoms with Gasteiger partial charge < -0.3 is 10.4 Å². The van der Waals surface area contributed by atoms with Crippen LogP contribution in [-0.4, -0.2) is 33.9 Å². The molecule has 78 valence electrons. The number of hydrogen-bond acceptors (Lipinski definition) is 3. The number of halogens is 1. The van der Waals surface area contributed by atoms with Gasteiger partial charge in [-0.1, -0.05) is 0 Å². The summed E-state index contributed by atoms with van der Waals surface area (Å²) >= 11 is 3.27. The minimum atomic E-state index is -0.835. The minimum Gasteiger partial charge on any atom is -0.480 e. The van der Waals surface area contributed by atoms with Gasteiger partial charge in [0.05, 0.1) is 10.7 Å². The second-order valence-electron chi connectivity index (χ2n) is 2.89. The van der Waals surface area contributed by atoms with Crippen LogP contribution in [0, 0.1) is 0 Å². The first-order chi connectivity index (χ1) is 6.63. The lowest BCUT2D eigenvalue weighted by Crippen LogP contribution is -2.34. The summed E-state index contributed by atoms with van der Waals surface area (Å²) in [6.07, 6.45) is 4.00. The number of carboxylic acid groups (broad SMARTS) is 1. The fraction of sp³-hybridized carbons (Fsp3) is 0.500. The first kappa shape index (κ1) is 11.2. The van der Waals surface area contributed by atoms with Crippen molar-refractivity contribution in [1.82, 2.24) is 15.1 Å². The van der Waals surface area contributed by atoms with Gasteiger partial charge in [0.2, 0.25) is 0 Å².